The van der Waals surface area contributed by atoms with Crippen LogP contribution in [0, 0.1) is 6.92 Å². The Hall–Kier alpha value is -1.17. The lowest BCUT2D eigenvalue weighted by atomic mass is 10.1. The number of rotatable bonds is 3. The van der Waals surface area contributed by atoms with Crippen molar-refractivity contribution in [1.82, 2.24) is 0 Å². The van der Waals surface area contributed by atoms with Crippen LogP contribution in [0.3, 0.4) is 0 Å². The average Bonchev–Trinajstić information content (AvgIpc) is 2.38. The number of ether oxygens (including phenoxy) is 1. The summed E-state index contributed by atoms with van der Waals surface area (Å²) in [6, 6.07) is 5.96. The number of hydrogen-bond acceptors (Lipinski definition) is 4. The highest BCUT2D eigenvalue weighted by molar-refractivity contribution is 7.80. The van der Waals surface area contributed by atoms with E-state index >= 15 is 0 Å². The second-order valence-corrected chi connectivity index (χ2v) is 4.93. The van der Waals surface area contributed by atoms with Crippen molar-refractivity contribution in [2.24, 2.45) is 5.73 Å². The highest BCUT2D eigenvalue weighted by Gasteiger charge is 2.24. The molecule has 1 fully saturated rings. The van der Waals surface area contributed by atoms with Crippen molar-refractivity contribution in [1.29, 1.82) is 0 Å². The van der Waals surface area contributed by atoms with Crippen molar-refractivity contribution >= 4 is 22.9 Å². The van der Waals surface area contributed by atoms with Crippen LogP contribution >= 0.6 is 12.2 Å². The highest BCUT2D eigenvalue weighted by Crippen LogP contribution is 2.25. The van der Waals surface area contributed by atoms with Gasteiger partial charge in [-0.05, 0) is 24.6 Å². The number of benzene rings is 1. The summed E-state index contributed by atoms with van der Waals surface area (Å²) in [6.07, 6.45) is 0. The second kappa shape index (κ2) is 5.65. The maximum absolute atomic E-state index is 9.44. The molecule has 3 N–H and O–H groups in total. The van der Waals surface area contributed by atoms with E-state index in [4.69, 9.17) is 22.7 Å². The molecular formula is C13H18N2O2S. The molecule has 1 unspecified atom stereocenters. The van der Waals surface area contributed by atoms with Crippen LogP contribution in [0.5, 0.6) is 0 Å². The summed E-state index contributed by atoms with van der Waals surface area (Å²) in [6.45, 7) is 4.01. The van der Waals surface area contributed by atoms with Crippen LogP contribution in [0.4, 0.5) is 5.69 Å². The minimum Gasteiger partial charge on any atom is -0.394 e. The van der Waals surface area contributed by atoms with Crippen molar-refractivity contribution in [3.63, 3.8) is 0 Å². The summed E-state index contributed by atoms with van der Waals surface area (Å²) in [5, 5.41) is 9.44. The van der Waals surface area contributed by atoms with Crippen LogP contribution in [0.1, 0.15) is 11.1 Å². The number of morpholine rings is 1. The van der Waals surface area contributed by atoms with Crippen LogP contribution in [0.15, 0.2) is 18.2 Å². The number of anilines is 1. The summed E-state index contributed by atoms with van der Waals surface area (Å²) >= 11 is 5.09. The minimum atomic E-state index is -0.0337. The number of aliphatic hydroxyl groups is 1. The first kappa shape index (κ1) is 13.3. The van der Waals surface area contributed by atoms with Gasteiger partial charge in [-0.3, -0.25) is 0 Å². The van der Waals surface area contributed by atoms with E-state index in [0.717, 1.165) is 23.4 Å². The predicted octanol–water partition coefficient (Wildman–Crippen LogP) is 0.827. The first-order valence-corrected chi connectivity index (χ1v) is 6.40. The molecule has 0 bridgehead atoms. The van der Waals surface area contributed by atoms with Crippen LogP contribution in [0.2, 0.25) is 0 Å². The Morgan fingerprint density at radius 3 is 3.06 bits per heavy atom. The fourth-order valence-corrected chi connectivity index (χ4v) is 2.38. The van der Waals surface area contributed by atoms with Gasteiger partial charge in [-0.1, -0.05) is 18.3 Å². The Kier molecular flexibility index (Phi) is 4.16. The molecule has 98 valence electrons. The van der Waals surface area contributed by atoms with E-state index in [2.05, 4.69) is 11.0 Å². The third-order valence-electron chi connectivity index (χ3n) is 3.17. The lowest BCUT2D eigenvalue weighted by Crippen LogP contribution is -2.48. The number of aryl methyl sites for hydroxylation is 1. The second-order valence-electron chi connectivity index (χ2n) is 4.49. The van der Waals surface area contributed by atoms with Crippen LogP contribution in [0.25, 0.3) is 0 Å². The summed E-state index contributed by atoms with van der Waals surface area (Å²) < 4.78 is 5.39. The van der Waals surface area contributed by atoms with Gasteiger partial charge < -0.3 is 20.5 Å². The molecule has 0 radical (unpaired) electrons. The van der Waals surface area contributed by atoms with E-state index in [1.807, 2.05) is 19.1 Å². The van der Waals surface area contributed by atoms with Crippen molar-refractivity contribution in [3.8, 4) is 0 Å². The van der Waals surface area contributed by atoms with Gasteiger partial charge >= 0.3 is 0 Å². The monoisotopic (exact) mass is 266 g/mol. The SMILES string of the molecule is Cc1ccc(C(N)=S)c(N2CCOCC2CO)c1. The Balaban J connectivity index is 2.41. The Morgan fingerprint density at radius 2 is 2.39 bits per heavy atom. The van der Waals surface area contributed by atoms with Gasteiger partial charge in [-0.2, -0.15) is 0 Å². The van der Waals surface area contributed by atoms with Gasteiger partial charge in [-0.15, -0.1) is 0 Å². The molecule has 0 saturated carbocycles. The van der Waals surface area contributed by atoms with E-state index in [1.165, 1.54) is 0 Å². The van der Waals surface area contributed by atoms with Crippen LogP contribution in [-0.4, -0.2) is 42.5 Å². The third-order valence-corrected chi connectivity index (χ3v) is 3.39. The van der Waals surface area contributed by atoms with E-state index in [1.54, 1.807) is 0 Å². The van der Waals surface area contributed by atoms with Crippen LogP contribution < -0.4 is 10.6 Å². The lowest BCUT2D eigenvalue weighted by Gasteiger charge is -2.37. The molecule has 2 rings (SSSR count). The molecule has 0 aromatic heterocycles. The molecule has 18 heavy (non-hydrogen) atoms. The molecule has 1 aromatic carbocycles. The number of nitrogens with zero attached hydrogens (tertiary/aromatic N) is 1. The largest absolute Gasteiger partial charge is 0.394 e. The standard InChI is InChI=1S/C13H18N2O2S/c1-9-2-3-11(13(14)18)12(6-9)15-4-5-17-8-10(15)7-16/h2-3,6,10,16H,4-5,7-8H2,1H3,(H2,14,18). The molecule has 1 heterocycles. The van der Waals surface area contributed by atoms with Gasteiger partial charge in [0.25, 0.3) is 0 Å². The molecule has 0 spiro atoms. The van der Waals surface area contributed by atoms with E-state index in [-0.39, 0.29) is 12.6 Å². The molecule has 0 amide bonds. The topological polar surface area (TPSA) is 58.7 Å². The van der Waals surface area contributed by atoms with Gasteiger partial charge in [0.2, 0.25) is 0 Å². The molecule has 1 aliphatic rings. The van der Waals surface area contributed by atoms with Gasteiger partial charge in [-0.25, -0.2) is 0 Å². The molecule has 1 saturated heterocycles. The molecule has 4 nitrogen and oxygen atoms in total. The van der Waals surface area contributed by atoms with Crippen LogP contribution in [-0.2, 0) is 4.74 Å². The van der Waals surface area contributed by atoms with E-state index in [0.29, 0.717) is 18.2 Å². The first-order valence-electron chi connectivity index (χ1n) is 5.99. The summed E-state index contributed by atoms with van der Waals surface area (Å²) in [7, 11) is 0. The maximum atomic E-state index is 9.44. The summed E-state index contributed by atoms with van der Waals surface area (Å²) in [5.74, 6) is 0. The Bertz CT molecular complexity index is 451. The van der Waals surface area contributed by atoms with Gasteiger partial charge in [0.05, 0.1) is 25.9 Å². The molecule has 1 aromatic rings. The maximum Gasteiger partial charge on any atom is 0.106 e. The Morgan fingerprint density at radius 1 is 1.61 bits per heavy atom. The summed E-state index contributed by atoms with van der Waals surface area (Å²) in [5.41, 5.74) is 8.76. The molecule has 1 aliphatic heterocycles. The first-order chi connectivity index (χ1) is 8.63. The number of hydrogen-bond donors (Lipinski definition) is 2. The molecule has 1 atom stereocenters. The zero-order chi connectivity index (χ0) is 13.1. The quantitative estimate of drug-likeness (QED) is 0.794. The normalized spacial score (nSPS) is 19.9. The van der Waals surface area contributed by atoms with Crippen molar-refractivity contribution in [3.05, 3.63) is 29.3 Å². The average molecular weight is 266 g/mol. The van der Waals surface area contributed by atoms with Crippen molar-refractivity contribution < 1.29 is 9.84 Å². The smallest absolute Gasteiger partial charge is 0.106 e. The van der Waals surface area contributed by atoms with Crippen molar-refractivity contribution in [2.45, 2.75) is 13.0 Å². The Labute approximate surface area is 112 Å². The molecule has 0 aliphatic carbocycles. The molecule has 5 heteroatoms. The van der Waals surface area contributed by atoms with E-state index in [9.17, 15) is 5.11 Å². The number of nitrogens with two attached hydrogens (primary N) is 1. The minimum absolute atomic E-state index is 0.0337. The molecular weight excluding hydrogens is 248 g/mol. The fraction of sp³-hybridized carbons (Fsp3) is 0.462. The lowest BCUT2D eigenvalue weighted by molar-refractivity contribution is 0.0727. The van der Waals surface area contributed by atoms with Gasteiger partial charge in [0.15, 0.2) is 0 Å². The predicted molar refractivity (Wildman–Crippen MR) is 76.1 cm³/mol. The zero-order valence-corrected chi connectivity index (χ0v) is 11.2. The van der Waals surface area contributed by atoms with E-state index < -0.39 is 0 Å². The number of aliphatic hydroxyl groups excluding tert-OH is 1. The van der Waals surface area contributed by atoms with Crippen molar-refractivity contribution in [2.75, 3.05) is 31.3 Å². The highest BCUT2D eigenvalue weighted by atomic mass is 32.1. The number of thiocarbonyl (C=S) groups is 1. The summed E-state index contributed by atoms with van der Waals surface area (Å²) in [4.78, 5) is 2.51. The van der Waals surface area contributed by atoms with Gasteiger partial charge in [0, 0.05) is 17.8 Å². The van der Waals surface area contributed by atoms with Gasteiger partial charge in [0.1, 0.15) is 4.99 Å². The third kappa shape index (κ3) is 2.63. The fourth-order valence-electron chi connectivity index (χ4n) is 2.21. The zero-order valence-electron chi connectivity index (χ0n) is 10.4.